The molecule has 1 N–H and O–H groups in total. The van der Waals surface area contributed by atoms with Crippen molar-refractivity contribution in [2.45, 2.75) is 50.6 Å². The number of nitrogens with zero attached hydrogens (tertiary/aromatic N) is 1. The molecule has 1 amide bonds. The molecule has 3 rings (SSSR count). The third kappa shape index (κ3) is 4.21. The Hall–Kier alpha value is -1.88. The molecular formula is C20H28N2O3. The van der Waals surface area contributed by atoms with E-state index in [0.717, 1.165) is 50.8 Å². The number of amides is 1. The summed E-state index contributed by atoms with van der Waals surface area (Å²) in [7, 11) is 1.44. The van der Waals surface area contributed by atoms with Crippen LogP contribution in [0.2, 0.25) is 0 Å². The van der Waals surface area contributed by atoms with Crippen LogP contribution in [-0.2, 0) is 14.3 Å². The molecule has 0 aromatic heterocycles. The molecule has 1 saturated carbocycles. The van der Waals surface area contributed by atoms with E-state index in [1.165, 1.54) is 13.5 Å². The van der Waals surface area contributed by atoms with E-state index in [4.69, 9.17) is 4.74 Å². The lowest BCUT2D eigenvalue weighted by atomic mass is 9.98. The molecule has 0 spiro atoms. The average molecular weight is 344 g/mol. The number of carbonyl (C=O) groups excluding carboxylic acids is 2. The summed E-state index contributed by atoms with van der Waals surface area (Å²) in [6.45, 7) is 1.66. The summed E-state index contributed by atoms with van der Waals surface area (Å²) >= 11 is 0. The average Bonchev–Trinajstić information content (AvgIpc) is 3.14. The summed E-state index contributed by atoms with van der Waals surface area (Å²) in [5.41, 5.74) is 0.966. The number of hydrogen-bond acceptors (Lipinski definition) is 4. The first-order valence-electron chi connectivity index (χ1n) is 9.38. The number of likely N-dealkylation sites (tertiary alicyclic amines) is 1. The van der Waals surface area contributed by atoms with Gasteiger partial charge in [0.25, 0.3) is 0 Å². The van der Waals surface area contributed by atoms with E-state index in [2.05, 4.69) is 5.32 Å². The van der Waals surface area contributed by atoms with Gasteiger partial charge in [0.1, 0.15) is 6.04 Å². The molecule has 1 aromatic rings. The largest absolute Gasteiger partial charge is 0.469 e. The molecule has 1 aliphatic carbocycles. The molecule has 3 unspecified atom stereocenters. The molecule has 2 aliphatic rings. The lowest BCUT2D eigenvalue weighted by molar-refractivity contribution is -0.146. The Bertz CT molecular complexity index is 584. The molecule has 136 valence electrons. The minimum atomic E-state index is -0.394. The Kier molecular flexibility index (Phi) is 6.08. The highest BCUT2D eigenvalue weighted by atomic mass is 16.5. The predicted molar refractivity (Wildman–Crippen MR) is 95.9 cm³/mol. The van der Waals surface area contributed by atoms with Gasteiger partial charge in [0.15, 0.2) is 0 Å². The molecule has 2 fully saturated rings. The van der Waals surface area contributed by atoms with Crippen molar-refractivity contribution in [3.63, 3.8) is 0 Å². The molecule has 1 aromatic carbocycles. The molecule has 3 atom stereocenters. The molecular weight excluding hydrogens is 316 g/mol. The van der Waals surface area contributed by atoms with E-state index in [1.54, 1.807) is 0 Å². The number of piperidine rings is 1. The van der Waals surface area contributed by atoms with E-state index in [1.807, 2.05) is 35.2 Å². The van der Waals surface area contributed by atoms with Crippen molar-refractivity contribution in [1.82, 2.24) is 10.2 Å². The van der Waals surface area contributed by atoms with Crippen LogP contribution in [0.15, 0.2) is 30.3 Å². The zero-order valence-electron chi connectivity index (χ0n) is 14.9. The molecule has 0 bridgehead atoms. The number of esters is 1. The standard InChI is InChI=1S/C20H28N2O3/c1-25-20(24)16-11-8-12-17(16)21-18(15-9-4-2-5-10-15)19(23)22-13-6-3-7-14-22/h2,4-5,9-10,16-18,21H,3,6-8,11-14H2,1H3. The van der Waals surface area contributed by atoms with Crippen molar-refractivity contribution in [1.29, 1.82) is 0 Å². The third-order valence-electron chi connectivity index (χ3n) is 5.45. The fourth-order valence-corrected chi connectivity index (χ4v) is 4.06. The first-order chi connectivity index (χ1) is 12.2. The SMILES string of the molecule is COC(=O)C1CCCC1NC(C(=O)N1CCCCC1)c1ccccc1. The van der Waals surface area contributed by atoms with Gasteiger partial charge in [-0.15, -0.1) is 0 Å². The van der Waals surface area contributed by atoms with Crippen molar-refractivity contribution < 1.29 is 14.3 Å². The van der Waals surface area contributed by atoms with E-state index in [-0.39, 0.29) is 23.8 Å². The summed E-state index contributed by atoms with van der Waals surface area (Å²) in [5, 5.41) is 3.50. The maximum Gasteiger partial charge on any atom is 0.310 e. The van der Waals surface area contributed by atoms with Gasteiger partial charge in [0.05, 0.1) is 13.0 Å². The number of ether oxygens (including phenoxy) is 1. The minimum absolute atomic E-state index is 0.00797. The van der Waals surface area contributed by atoms with Gasteiger partial charge in [-0.25, -0.2) is 0 Å². The van der Waals surface area contributed by atoms with Crippen LogP contribution in [0, 0.1) is 5.92 Å². The number of nitrogens with one attached hydrogen (secondary N) is 1. The van der Waals surface area contributed by atoms with Gasteiger partial charge >= 0.3 is 5.97 Å². The van der Waals surface area contributed by atoms with Crippen LogP contribution in [-0.4, -0.2) is 43.0 Å². The van der Waals surface area contributed by atoms with Crippen molar-refractivity contribution >= 4 is 11.9 Å². The quantitative estimate of drug-likeness (QED) is 0.835. The smallest absolute Gasteiger partial charge is 0.310 e. The van der Waals surface area contributed by atoms with E-state index in [0.29, 0.717) is 0 Å². The molecule has 1 aliphatic heterocycles. The van der Waals surface area contributed by atoms with Crippen LogP contribution in [0.4, 0.5) is 0 Å². The van der Waals surface area contributed by atoms with Gasteiger partial charge in [-0.1, -0.05) is 36.8 Å². The summed E-state index contributed by atoms with van der Waals surface area (Å²) < 4.78 is 4.95. The van der Waals surface area contributed by atoms with Crippen LogP contribution < -0.4 is 5.32 Å². The van der Waals surface area contributed by atoms with Crippen molar-refractivity contribution in [3.05, 3.63) is 35.9 Å². The van der Waals surface area contributed by atoms with Crippen molar-refractivity contribution in [2.75, 3.05) is 20.2 Å². The highest BCUT2D eigenvalue weighted by Gasteiger charge is 2.37. The van der Waals surface area contributed by atoms with Crippen molar-refractivity contribution in [2.24, 2.45) is 5.92 Å². The van der Waals surface area contributed by atoms with E-state index < -0.39 is 6.04 Å². The monoisotopic (exact) mass is 344 g/mol. The van der Waals surface area contributed by atoms with Crippen LogP contribution >= 0.6 is 0 Å². The molecule has 5 nitrogen and oxygen atoms in total. The first-order valence-corrected chi connectivity index (χ1v) is 9.38. The second-order valence-electron chi connectivity index (χ2n) is 7.06. The number of rotatable bonds is 5. The fourth-order valence-electron chi connectivity index (χ4n) is 4.06. The van der Waals surface area contributed by atoms with E-state index in [9.17, 15) is 9.59 Å². The van der Waals surface area contributed by atoms with Crippen LogP contribution in [0.3, 0.4) is 0 Å². The highest BCUT2D eigenvalue weighted by Crippen LogP contribution is 2.30. The van der Waals surface area contributed by atoms with Gasteiger partial charge in [0.2, 0.25) is 5.91 Å². The summed E-state index contributed by atoms with van der Waals surface area (Å²) in [4.78, 5) is 27.2. The summed E-state index contributed by atoms with van der Waals surface area (Å²) in [6, 6.07) is 9.45. The lowest BCUT2D eigenvalue weighted by Crippen LogP contribution is -2.47. The Morgan fingerprint density at radius 2 is 1.80 bits per heavy atom. The lowest BCUT2D eigenvalue weighted by Gasteiger charge is -2.33. The maximum absolute atomic E-state index is 13.2. The molecule has 1 heterocycles. The van der Waals surface area contributed by atoms with Gasteiger partial charge in [-0.05, 0) is 37.7 Å². The summed E-state index contributed by atoms with van der Waals surface area (Å²) in [6.07, 6.45) is 6.04. The van der Waals surface area contributed by atoms with Crippen LogP contribution in [0.25, 0.3) is 0 Å². The third-order valence-corrected chi connectivity index (χ3v) is 5.45. The van der Waals surface area contributed by atoms with Gasteiger partial charge in [-0.3, -0.25) is 14.9 Å². The maximum atomic E-state index is 13.2. The number of hydrogen-bond donors (Lipinski definition) is 1. The molecule has 5 heteroatoms. The Morgan fingerprint density at radius 1 is 1.08 bits per heavy atom. The van der Waals surface area contributed by atoms with Crippen molar-refractivity contribution in [3.8, 4) is 0 Å². The number of methoxy groups -OCH3 is 1. The fraction of sp³-hybridized carbons (Fsp3) is 0.600. The molecule has 25 heavy (non-hydrogen) atoms. The van der Waals surface area contributed by atoms with Crippen LogP contribution in [0.1, 0.15) is 50.1 Å². The first kappa shape index (κ1) is 17.9. The zero-order valence-corrected chi connectivity index (χ0v) is 14.9. The van der Waals surface area contributed by atoms with Gasteiger partial charge < -0.3 is 9.64 Å². The summed E-state index contributed by atoms with van der Waals surface area (Å²) in [5.74, 6) is -0.209. The Balaban J connectivity index is 1.79. The van der Waals surface area contributed by atoms with Gasteiger partial charge in [-0.2, -0.15) is 0 Å². The normalized spacial score (nSPS) is 24.8. The molecule has 0 radical (unpaired) electrons. The second-order valence-corrected chi connectivity index (χ2v) is 7.06. The highest BCUT2D eigenvalue weighted by molar-refractivity contribution is 5.83. The topological polar surface area (TPSA) is 58.6 Å². The van der Waals surface area contributed by atoms with Crippen LogP contribution in [0.5, 0.6) is 0 Å². The van der Waals surface area contributed by atoms with Gasteiger partial charge in [0, 0.05) is 19.1 Å². The number of carbonyl (C=O) groups is 2. The second kappa shape index (κ2) is 8.48. The Morgan fingerprint density at radius 3 is 2.48 bits per heavy atom. The Labute approximate surface area is 149 Å². The van der Waals surface area contributed by atoms with E-state index >= 15 is 0 Å². The minimum Gasteiger partial charge on any atom is -0.469 e. The molecule has 1 saturated heterocycles. The number of benzene rings is 1. The zero-order chi connectivity index (χ0) is 17.6. The predicted octanol–water partition coefficient (Wildman–Crippen LogP) is 2.67.